The van der Waals surface area contributed by atoms with Gasteiger partial charge in [-0.15, -0.1) is 0 Å². The van der Waals surface area contributed by atoms with Crippen molar-refractivity contribution in [3.63, 3.8) is 0 Å². The van der Waals surface area contributed by atoms with E-state index in [1.165, 1.54) is 50.4 Å². The SMILES string of the molecule is COc1nc2c(ncn2[C@@H]2OC[C@@H](OC(C)=O)[C@H](OC(C)=O)[C@H]2OC(C)=O)c(=O)n1C. The van der Waals surface area contributed by atoms with Crippen molar-refractivity contribution in [2.24, 2.45) is 7.05 Å². The molecule has 1 aliphatic rings. The highest BCUT2D eigenvalue weighted by molar-refractivity contribution is 5.71. The lowest BCUT2D eigenvalue weighted by molar-refractivity contribution is -0.239. The Morgan fingerprint density at radius 1 is 1.06 bits per heavy atom. The van der Waals surface area contributed by atoms with Gasteiger partial charge in [0.1, 0.15) is 0 Å². The van der Waals surface area contributed by atoms with E-state index < -0.39 is 48.0 Å². The predicted molar refractivity (Wildman–Crippen MR) is 101 cm³/mol. The molecule has 13 nitrogen and oxygen atoms in total. The van der Waals surface area contributed by atoms with Gasteiger partial charge in [-0.3, -0.25) is 28.3 Å². The van der Waals surface area contributed by atoms with Gasteiger partial charge in [-0.05, 0) is 0 Å². The van der Waals surface area contributed by atoms with Crippen LogP contribution in [0.4, 0.5) is 0 Å². The Hall–Kier alpha value is -3.48. The summed E-state index contributed by atoms with van der Waals surface area (Å²) in [6.45, 7) is 3.35. The monoisotopic (exact) mass is 438 g/mol. The summed E-state index contributed by atoms with van der Waals surface area (Å²) in [4.78, 5) is 56.0. The summed E-state index contributed by atoms with van der Waals surface area (Å²) in [6.07, 6.45) is -3.22. The largest absolute Gasteiger partial charge is 0.468 e. The predicted octanol–water partition coefficient (Wildman–Crippen LogP) is -0.537. The van der Waals surface area contributed by atoms with Crippen molar-refractivity contribution in [3.05, 3.63) is 16.7 Å². The van der Waals surface area contributed by atoms with Crippen molar-refractivity contribution in [1.82, 2.24) is 19.1 Å². The second-order valence-electron chi connectivity index (χ2n) is 6.81. The summed E-state index contributed by atoms with van der Waals surface area (Å²) in [5, 5.41) is 0. The zero-order chi connectivity index (χ0) is 22.9. The van der Waals surface area contributed by atoms with Crippen LogP contribution in [0.5, 0.6) is 6.01 Å². The first-order valence-corrected chi connectivity index (χ1v) is 9.24. The third-order valence-electron chi connectivity index (χ3n) is 4.54. The van der Waals surface area contributed by atoms with Gasteiger partial charge in [0, 0.05) is 27.8 Å². The van der Waals surface area contributed by atoms with Gasteiger partial charge in [0.25, 0.3) is 5.56 Å². The van der Waals surface area contributed by atoms with Gasteiger partial charge < -0.3 is 23.7 Å². The number of aromatic nitrogens is 4. The number of imidazole rings is 1. The first-order chi connectivity index (χ1) is 14.6. The molecule has 3 heterocycles. The molecule has 0 N–H and O–H groups in total. The van der Waals surface area contributed by atoms with Gasteiger partial charge in [-0.1, -0.05) is 0 Å². The van der Waals surface area contributed by atoms with Crippen LogP contribution in [0.1, 0.15) is 27.0 Å². The standard InChI is InChI=1S/C18H22N4O9/c1-8(23)29-11-6-28-17(14(31-10(3)25)13(11)30-9(2)24)22-7-19-12-15(22)20-18(27-5)21(4)16(12)26/h7,11,13-14,17H,6H2,1-5H3/t11-,13+,14-,17-/m1/s1. The minimum Gasteiger partial charge on any atom is -0.468 e. The van der Waals surface area contributed by atoms with E-state index >= 15 is 0 Å². The normalized spacial score (nSPS) is 23.3. The molecule has 0 unspecified atom stereocenters. The molecule has 0 aromatic carbocycles. The lowest BCUT2D eigenvalue weighted by Gasteiger charge is -2.40. The topological polar surface area (TPSA) is 150 Å². The van der Waals surface area contributed by atoms with Gasteiger partial charge in [0.05, 0.1) is 20.0 Å². The summed E-state index contributed by atoms with van der Waals surface area (Å²) < 4.78 is 29.4. The van der Waals surface area contributed by atoms with E-state index in [1.54, 1.807) is 0 Å². The number of fused-ring (bicyclic) bond motifs is 1. The average molecular weight is 438 g/mol. The number of ether oxygens (including phenoxy) is 5. The van der Waals surface area contributed by atoms with E-state index in [1.807, 2.05) is 0 Å². The molecule has 31 heavy (non-hydrogen) atoms. The fraction of sp³-hybridized carbons (Fsp3) is 0.556. The third-order valence-corrected chi connectivity index (χ3v) is 4.54. The minimum atomic E-state index is -1.23. The highest BCUT2D eigenvalue weighted by Crippen LogP contribution is 2.32. The van der Waals surface area contributed by atoms with Crippen molar-refractivity contribution < 1.29 is 38.1 Å². The first kappa shape index (κ1) is 22.2. The van der Waals surface area contributed by atoms with E-state index in [0.717, 1.165) is 0 Å². The lowest BCUT2D eigenvalue weighted by Crippen LogP contribution is -2.55. The van der Waals surface area contributed by atoms with E-state index in [0.29, 0.717) is 0 Å². The molecule has 2 aromatic heterocycles. The Morgan fingerprint density at radius 2 is 1.68 bits per heavy atom. The Morgan fingerprint density at radius 3 is 2.26 bits per heavy atom. The van der Waals surface area contributed by atoms with Crippen LogP contribution >= 0.6 is 0 Å². The van der Waals surface area contributed by atoms with Gasteiger partial charge in [0.15, 0.2) is 35.7 Å². The molecule has 3 rings (SSSR count). The number of methoxy groups -OCH3 is 1. The third kappa shape index (κ3) is 4.35. The zero-order valence-corrected chi connectivity index (χ0v) is 17.6. The molecule has 0 radical (unpaired) electrons. The summed E-state index contributed by atoms with van der Waals surface area (Å²) >= 11 is 0. The molecule has 0 saturated carbocycles. The van der Waals surface area contributed by atoms with E-state index in [4.69, 9.17) is 23.7 Å². The number of carbonyl (C=O) groups is 3. The van der Waals surface area contributed by atoms with Crippen molar-refractivity contribution >= 4 is 29.1 Å². The number of rotatable bonds is 5. The van der Waals surface area contributed by atoms with Crippen LogP contribution in [0.2, 0.25) is 0 Å². The first-order valence-electron chi connectivity index (χ1n) is 9.24. The highest BCUT2D eigenvalue weighted by atomic mass is 16.6. The summed E-state index contributed by atoms with van der Waals surface area (Å²) in [5.74, 6) is -2.00. The van der Waals surface area contributed by atoms with E-state index in [9.17, 15) is 19.2 Å². The van der Waals surface area contributed by atoms with Crippen LogP contribution in [0.25, 0.3) is 11.2 Å². The maximum atomic E-state index is 12.6. The molecule has 13 heteroatoms. The smallest absolute Gasteiger partial charge is 0.303 e. The molecule has 1 saturated heterocycles. The van der Waals surface area contributed by atoms with Crippen LogP contribution in [0.3, 0.4) is 0 Å². The van der Waals surface area contributed by atoms with Crippen LogP contribution in [0, 0.1) is 0 Å². The van der Waals surface area contributed by atoms with Gasteiger partial charge >= 0.3 is 23.9 Å². The molecule has 1 fully saturated rings. The lowest BCUT2D eigenvalue weighted by atomic mass is 10.0. The highest BCUT2D eigenvalue weighted by Gasteiger charge is 2.48. The number of nitrogens with zero attached hydrogens (tertiary/aromatic N) is 4. The second-order valence-corrected chi connectivity index (χ2v) is 6.81. The number of carbonyl (C=O) groups excluding carboxylic acids is 3. The van der Waals surface area contributed by atoms with Gasteiger partial charge in [-0.25, -0.2) is 4.98 Å². The van der Waals surface area contributed by atoms with Crippen molar-refractivity contribution in [2.45, 2.75) is 45.3 Å². The van der Waals surface area contributed by atoms with Crippen molar-refractivity contribution in [2.75, 3.05) is 13.7 Å². The van der Waals surface area contributed by atoms with Crippen molar-refractivity contribution in [3.8, 4) is 6.01 Å². The molecular formula is C18H22N4O9. The summed E-state index contributed by atoms with van der Waals surface area (Å²) in [6, 6.07) is 0.0217. The van der Waals surface area contributed by atoms with Gasteiger partial charge in [0.2, 0.25) is 0 Å². The molecule has 0 aliphatic carbocycles. The number of hydrogen-bond donors (Lipinski definition) is 0. The Kier molecular flexibility index (Phi) is 6.24. The second kappa shape index (κ2) is 8.71. The molecule has 0 amide bonds. The van der Waals surface area contributed by atoms with E-state index in [2.05, 4.69) is 9.97 Å². The molecule has 168 valence electrons. The Bertz CT molecular complexity index is 1080. The molecule has 2 aromatic rings. The number of esters is 3. The number of hydrogen-bond acceptors (Lipinski definition) is 11. The maximum Gasteiger partial charge on any atom is 0.303 e. The maximum absolute atomic E-state index is 12.6. The molecule has 0 spiro atoms. The van der Waals surface area contributed by atoms with Crippen LogP contribution in [-0.4, -0.2) is 69.0 Å². The molecule has 0 bridgehead atoms. The van der Waals surface area contributed by atoms with Crippen LogP contribution in [-0.2, 0) is 40.4 Å². The summed E-state index contributed by atoms with van der Waals surface area (Å²) in [5.41, 5.74) is -0.330. The summed E-state index contributed by atoms with van der Waals surface area (Å²) in [7, 11) is 2.83. The molecular weight excluding hydrogens is 416 g/mol. The van der Waals surface area contributed by atoms with Crippen LogP contribution < -0.4 is 10.3 Å². The quantitative estimate of drug-likeness (QED) is 0.437. The molecule has 4 atom stereocenters. The Labute approximate surface area is 175 Å². The Balaban J connectivity index is 2.11. The van der Waals surface area contributed by atoms with Crippen molar-refractivity contribution in [1.29, 1.82) is 0 Å². The van der Waals surface area contributed by atoms with Crippen LogP contribution in [0.15, 0.2) is 11.1 Å². The van der Waals surface area contributed by atoms with Gasteiger partial charge in [-0.2, -0.15) is 4.98 Å². The fourth-order valence-corrected chi connectivity index (χ4v) is 3.36. The fourth-order valence-electron chi connectivity index (χ4n) is 3.36. The molecule has 1 aliphatic heterocycles. The zero-order valence-electron chi connectivity index (χ0n) is 17.6. The minimum absolute atomic E-state index is 0.0217. The average Bonchev–Trinajstić information content (AvgIpc) is 3.10. The van der Waals surface area contributed by atoms with E-state index in [-0.39, 0.29) is 23.8 Å².